The van der Waals surface area contributed by atoms with Crippen molar-refractivity contribution in [2.45, 2.75) is 38.0 Å². The summed E-state index contributed by atoms with van der Waals surface area (Å²) in [5.74, 6) is 1.10. The number of amides is 1. The van der Waals surface area contributed by atoms with Crippen molar-refractivity contribution in [3.8, 4) is 11.5 Å². The Balaban J connectivity index is 1.75. The molecule has 4 rings (SSSR count). The summed E-state index contributed by atoms with van der Waals surface area (Å²) in [4.78, 5) is 25.8. The highest BCUT2D eigenvalue weighted by atomic mass is 16.5. The summed E-state index contributed by atoms with van der Waals surface area (Å²) in [6.07, 6.45) is 1.32. The molecule has 2 aromatic rings. The maximum absolute atomic E-state index is 13.2. The SMILES string of the molecule is COc1ccc(OC)c(C2CC(=O)NC3=C2C(=O)CC(c2ccc(C)cc2)C3)c1. The Labute approximate surface area is 170 Å². The van der Waals surface area contributed by atoms with Crippen LogP contribution < -0.4 is 14.8 Å². The van der Waals surface area contributed by atoms with E-state index in [2.05, 4.69) is 29.6 Å². The number of nitrogens with one attached hydrogen (secondary N) is 1. The Morgan fingerprint density at radius 3 is 2.38 bits per heavy atom. The Hall–Kier alpha value is -3.08. The Morgan fingerprint density at radius 2 is 1.69 bits per heavy atom. The van der Waals surface area contributed by atoms with Gasteiger partial charge in [0.2, 0.25) is 5.91 Å². The lowest BCUT2D eigenvalue weighted by molar-refractivity contribution is -0.122. The predicted octanol–water partition coefficient (Wildman–Crippen LogP) is 4.02. The number of carbonyl (C=O) groups is 2. The maximum Gasteiger partial charge on any atom is 0.225 e. The van der Waals surface area contributed by atoms with Gasteiger partial charge in [-0.25, -0.2) is 0 Å². The number of allylic oxidation sites excluding steroid dienone is 2. The summed E-state index contributed by atoms with van der Waals surface area (Å²) in [7, 11) is 3.20. The number of methoxy groups -OCH3 is 2. The van der Waals surface area contributed by atoms with Gasteiger partial charge in [0.05, 0.1) is 14.2 Å². The lowest BCUT2D eigenvalue weighted by atomic mass is 9.73. The molecule has 1 N–H and O–H groups in total. The minimum absolute atomic E-state index is 0.0732. The van der Waals surface area contributed by atoms with Crippen LogP contribution in [0, 0.1) is 6.92 Å². The molecule has 1 heterocycles. The summed E-state index contributed by atoms with van der Waals surface area (Å²) in [6.45, 7) is 2.05. The fourth-order valence-corrected chi connectivity index (χ4v) is 4.41. The number of aryl methyl sites for hydroxylation is 1. The van der Waals surface area contributed by atoms with Crippen molar-refractivity contribution in [3.63, 3.8) is 0 Å². The lowest BCUT2D eigenvalue weighted by Crippen LogP contribution is -2.38. The smallest absolute Gasteiger partial charge is 0.225 e. The van der Waals surface area contributed by atoms with E-state index in [-0.39, 0.29) is 29.9 Å². The van der Waals surface area contributed by atoms with E-state index in [0.29, 0.717) is 29.9 Å². The van der Waals surface area contributed by atoms with Gasteiger partial charge in [0.1, 0.15) is 11.5 Å². The largest absolute Gasteiger partial charge is 0.497 e. The zero-order chi connectivity index (χ0) is 20.5. The molecular formula is C24H25NO4. The molecule has 0 spiro atoms. The van der Waals surface area contributed by atoms with E-state index < -0.39 is 0 Å². The van der Waals surface area contributed by atoms with E-state index in [1.807, 2.05) is 25.1 Å². The van der Waals surface area contributed by atoms with Crippen LogP contribution in [-0.4, -0.2) is 25.9 Å². The van der Waals surface area contributed by atoms with E-state index >= 15 is 0 Å². The van der Waals surface area contributed by atoms with Gasteiger partial charge in [0, 0.05) is 35.6 Å². The minimum Gasteiger partial charge on any atom is -0.497 e. The number of ether oxygens (including phenoxy) is 2. The molecule has 0 radical (unpaired) electrons. The standard InChI is InChI=1S/C24H25NO4/c1-14-4-6-15(7-5-14)16-10-20-24(21(26)11-16)19(13-23(27)25-20)18-12-17(28-2)8-9-22(18)29-3/h4-9,12,16,19H,10-11,13H2,1-3H3,(H,25,27). The fraction of sp³-hybridized carbons (Fsp3) is 0.333. The first-order chi connectivity index (χ1) is 14.0. The van der Waals surface area contributed by atoms with E-state index in [1.165, 1.54) is 5.56 Å². The van der Waals surface area contributed by atoms with Crippen LogP contribution >= 0.6 is 0 Å². The molecule has 150 valence electrons. The molecule has 1 aliphatic heterocycles. The first kappa shape index (κ1) is 19.2. The zero-order valence-corrected chi connectivity index (χ0v) is 17.0. The Kier molecular flexibility index (Phi) is 5.14. The van der Waals surface area contributed by atoms with Gasteiger partial charge < -0.3 is 14.8 Å². The molecule has 2 atom stereocenters. The number of ketones is 1. The highest BCUT2D eigenvalue weighted by molar-refractivity contribution is 6.02. The highest BCUT2D eigenvalue weighted by Gasteiger charge is 2.39. The lowest BCUT2D eigenvalue weighted by Gasteiger charge is -2.35. The number of Topliss-reactive ketones (excluding diaryl/α,β-unsaturated/α-hetero) is 1. The molecule has 5 nitrogen and oxygen atoms in total. The number of carbonyl (C=O) groups excluding carboxylic acids is 2. The molecular weight excluding hydrogens is 366 g/mol. The van der Waals surface area contributed by atoms with Crippen molar-refractivity contribution in [2.24, 2.45) is 0 Å². The predicted molar refractivity (Wildman–Crippen MR) is 110 cm³/mol. The quantitative estimate of drug-likeness (QED) is 0.855. The summed E-state index contributed by atoms with van der Waals surface area (Å²) in [5.41, 5.74) is 4.59. The van der Waals surface area contributed by atoms with Gasteiger partial charge in [0.25, 0.3) is 0 Å². The first-order valence-corrected chi connectivity index (χ1v) is 9.84. The van der Waals surface area contributed by atoms with Crippen LogP contribution in [0.1, 0.15) is 47.8 Å². The molecule has 0 saturated carbocycles. The summed E-state index contributed by atoms with van der Waals surface area (Å²) < 4.78 is 10.9. The van der Waals surface area contributed by atoms with Crippen LogP contribution in [0.15, 0.2) is 53.7 Å². The van der Waals surface area contributed by atoms with Crippen molar-refractivity contribution in [1.82, 2.24) is 5.32 Å². The second-order valence-electron chi connectivity index (χ2n) is 7.74. The molecule has 0 aromatic heterocycles. The molecule has 5 heteroatoms. The van der Waals surface area contributed by atoms with Crippen molar-refractivity contribution in [3.05, 3.63) is 70.4 Å². The second kappa shape index (κ2) is 7.74. The monoisotopic (exact) mass is 391 g/mol. The average Bonchev–Trinajstić information content (AvgIpc) is 2.72. The van der Waals surface area contributed by atoms with Crippen LogP contribution in [0.2, 0.25) is 0 Å². The van der Waals surface area contributed by atoms with E-state index in [9.17, 15) is 9.59 Å². The topological polar surface area (TPSA) is 64.6 Å². The number of hydrogen-bond donors (Lipinski definition) is 1. The van der Waals surface area contributed by atoms with Gasteiger partial charge in [-0.1, -0.05) is 29.8 Å². The average molecular weight is 391 g/mol. The molecule has 29 heavy (non-hydrogen) atoms. The number of rotatable bonds is 4. The van der Waals surface area contributed by atoms with Crippen molar-refractivity contribution in [2.75, 3.05) is 14.2 Å². The van der Waals surface area contributed by atoms with Gasteiger partial charge >= 0.3 is 0 Å². The number of hydrogen-bond acceptors (Lipinski definition) is 4. The van der Waals surface area contributed by atoms with Gasteiger partial charge in [-0.3, -0.25) is 9.59 Å². The van der Waals surface area contributed by atoms with Crippen molar-refractivity contribution < 1.29 is 19.1 Å². The molecule has 2 aromatic carbocycles. The van der Waals surface area contributed by atoms with Gasteiger partial charge in [-0.2, -0.15) is 0 Å². The Morgan fingerprint density at radius 1 is 0.931 bits per heavy atom. The summed E-state index contributed by atoms with van der Waals surface area (Å²) in [5, 5.41) is 2.97. The number of benzene rings is 2. The third-order valence-electron chi connectivity index (χ3n) is 5.90. The molecule has 0 saturated heterocycles. The fourth-order valence-electron chi connectivity index (χ4n) is 4.41. The van der Waals surface area contributed by atoms with Crippen LogP contribution in [-0.2, 0) is 9.59 Å². The summed E-state index contributed by atoms with van der Waals surface area (Å²) in [6, 6.07) is 13.8. The highest BCUT2D eigenvalue weighted by Crippen LogP contribution is 2.45. The molecule has 0 fully saturated rings. The van der Waals surface area contributed by atoms with Crippen molar-refractivity contribution in [1.29, 1.82) is 0 Å². The first-order valence-electron chi connectivity index (χ1n) is 9.84. The van der Waals surface area contributed by atoms with Crippen LogP contribution in [0.3, 0.4) is 0 Å². The second-order valence-corrected chi connectivity index (χ2v) is 7.74. The molecule has 1 aliphatic carbocycles. The van der Waals surface area contributed by atoms with Crippen LogP contribution in [0.5, 0.6) is 11.5 Å². The van der Waals surface area contributed by atoms with Crippen LogP contribution in [0.4, 0.5) is 0 Å². The zero-order valence-electron chi connectivity index (χ0n) is 17.0. The third-order valence-corrected chi connectivity index (χ3v) is 5.90. The van der Waals surface area contributed by atoms with Crippen LogP contribution in [0.25, 0.3) is 0 Å². The van der Waals surface area contributed by atoms with Gasteiger partial charge in [-0.05, 0) is 43.0 Å². The molecule has 0 bridgehead atoms. The van der Waals surface area contributed by atoms with Gasteiger partial charge in [0.15, 0.2) is 5.78 Å². The van der Waals surface area contributed by atoms with E-state index in [1.54, 1.807) is 14.2 Å². The van der Waals surface area contributed by atoms with Crippen molar-refractivity contribution >= 4 is 11.7 Å². The molecule has 2 unspecified atom stereocenters. The van der Waals surface area contributed by atoms with E-state index in [4.69, 9.17) is 9.47 Å². The van der Waals surface area contributed by atoms with Gasteiger partial charge in [-0.15, -0.1) is 0 Å². The molecule has 1 amide bonds. The molecule has 2 aliphatic rings. The third kappa shape index (κ3) is 3.65. The normalized spacial score (nSPS) is 21.5. The minimum atomic E-state index is -0.324. The maximum atomic E-state index is 13.2. The Bertz CT molecular complexity index is 990. The summed E-state index contributed by atoms with van der Waals surface area (Å²) >= 11 is 0. The van der Waals surface area contributed by atoms with E-state index in [0.717, 1.165) is 16.8 Å².